The van der Waals surface area contributed by atoms with Crippen molar-refractivity contribution in [2.24, 2.45) is 0 Å². The van der Waals surface area contributed by atoms with Crippen LogP contribution in [0.5, 0.6) is 0 Å². The molecule has 3 rings (SSSR count). The van der Waals surface area contributed by atoms with Crippen molar-refractivity contribution in [3.8, 4) is 0 Å². The minimum Gasteiger partial charge on any atom is -0.341 e. The Morgan fingerprint density at radius 1 is 1.20 bits per heavy atom. The van der Waals surface area contributed by atoms with E-state index in [0.717, 1.165) is 17.7 Å². The second-order valence-electron chi connectivity index (χ2n) is 6.07. The Morgan fingerprint density at radius 2 is 1.96 bits per heavy atom. The molecular formula is C19H20FN3O2. The molecule has 0 saturated carbocycles. The molecule has 0 spiro atoms. The maximum atomic E-state index is 13.8. The SMILES string of the molecule is CC(NC(=O)c1cc(F)cc2c1CCNC2)C(=O)Nc1ccccc1. The summed E-state index contributed by atoms with van der Waals surface area (Å²) in [6, 6.07) is 10.9. The maximum absolute atomic E-state index is 13.8. The first kappa shape index (κ1) is 17.1. The van der Waals surface area contributed by atoms with Crippen LogP contribution >= 0.6 is 0 Å². The van der Waals surface area contributed by atoms with Gasteiger partial charge in [-0.05, 0) is 55.3 Å². The standard InChI is InChI=1S/C19H20FN3O2/c1-12(18(24)23-15-5-3-2-4-6-15)22-19(25)17-10-14(20)9-13-11-21-8-7-16(13)17/h2-6,9-10,12,21H,7-8,11H2,1H3,(H,22,25)(H,23,24). The lowest BCUT2D eigenvalue weighted by molar-refractivity contribution is -0.117. The molecule has 5 nitrogen and oxygen atoms in total. The number of nitrogens with one attached hydrogen (secondary N) is 3. The van der Waals surface area contributed by atoms with Crippen LogP contribution in [0.15, 0.2) is 42.5 Å². The van der Waals surface area contributed by atoms with Gasteiger partial charge in [0.25, 0.3) is 5.91 Å². The number of amides is 2. The van der Waals surface area contributed by atoms with E-state index in [1.54, 1.807) is 19.1 Å². The summed E-state index contributed by atoms with van der Waals surface area (Å²) in [5.41, 5.74) is 2.59. The first-order valence-electron chi connectivity index (χ1n) is 8.23. The van der Waals surface area contributed by atoms with Crippen LogP contribution in [0.1, 0.15) is 28.4 Å². The minimum atomic E-state index is -0.742. The van der Waals surface area contributed by atoms with E-state index < -0.39 is 17.8 Å². The summed E-state index contributed by atoms with van der Waals surface area (Å²) in [4.78, 5) is 24.8. The Balaban J connectivity index is 1.71. The number of hydrogen-bond acceptors (Lipinski definition) is 3. The normalized spacial score (nSPS) is 14.3. The zero-order valence-corrected chi connectivity index (χ0v) is 13.9. The molecular weight excluding hydrogens is 321 g/mol. The fourth-order valence-electron chi connectivity index (χ4n) is 2.90. The highest BCUT2D eigenvalue weighted by Crippen LogP contribution is 2.21. The second kappa shape index (κ2) is 7.44. The third-order valence-electron chi connectivity index (χ3n) is 4.20. The third kappa shape index (κ3) is 4.03. The molecule has 0 aromatic heterocycles. The first-order chi connectivity index (χ1) is 12.0. The highest BCUT2D eigenvalue weighted by Gasteiger charge is 2.22. The van der Waals surface area contributed by atoms with E-state index in [9.17, 15) is 14.0 Å². The number of benzene rings is 2. The summed E-state index contributed by atoms with van der Waals surface area (Å²) >= 11 is 0. The number of halogens is 1. The average Bonchev–Trinajstić information content (AvgIpc) is 2.61. The molecule has 3 N–H and O–H groups in total. The van der Waals surface area contributed by atoms with Crippen LogP contribution in [-0.4, -0.2) is 24.4 Å². The van der Waals surface area contributed by atoms with Gasteiger partial charge in [0.2, 0.25) is 5.91 Å². The Bertz CT molecular complexity index is 793. The number of para-hydroxylation sites is 1. The van der Waals surface area contributed by atoms with E-state index in [0.29, 0.717) is 24.2 Å². The van der Waals surface area contributed by atoms with Gasteiger partial charge in [0.05, 0.1) is 0 Å². The Morgan fingerprint density at radius 3 is 2.72 bits per heavy atom. The molecule has 6 heteroatoms. The second-order valence-corrected chi connectivity index (χ2v) is 6.07. The van der Waals surface area contributed by atoms with Crippen molar-refractivity contribution in [1.82, 2.24) is 10.6 Å². The van der Waals surface area contributed by atoms with Gasteiger partial charge in [-0.3, -0.25) is 9.59 Å². The molecule has 130 valence electrons. The van der Waals surface area contributed by atoms with Gasteiger partial charge in [-0.1, -0.05) is 18.2 Å². The molecule has 1 unspecified atom stereocenters. The minimum absolute atomic E-state index is 0.302. The van der Waals surface area contributed by atoms with Gasteiger partial charge in [-0.25, -0.2) is 4.39 Å². The van der Waals surface area contributed by atoms with E-state index in [1.165, 1.54) is 12.1 Å². The molecule has 2 amide bonds. The fraction of sp³-hybridized carbons (Fsp3) is 0.263. The van der Waals surface area contributed by atoms with Crippen LogP contribution in [0, 0.1) is 5.82 Å². The van der Waals surface area contributed by atoms with Crippen LogP contribution in [0.4, 0.5) is 10.1 Å². The summed E-state index contributed by atoms with van der Waals surface area (Å²) in [7, 11) is 0. The Hall–Kier alpha value is -2.73. The third-order valence-corrected chi connectivity index (χ3v) is 4.20. The van der Waals surface area contributed by atoms with Crippen molar-refractivity contribution in [1.29, 1.82) is 0 Å². The molecule has 1 atom stereocenters. The highest BCUT2D eigenvalue weighted by molar-refractivity contribution is 6.01. The van der Waals surface area contributed by atoms with Crippen molar-refractivity contribution in [2.45, 2.75) is 25.9 Å². The predicted octanol–water partition coefficient (Wildman–Crippen LogP) is 2.23. The molecule has 0 aliphatic carbocycles. The fourth-order valence-corrected chi connectivity index (χ4v) is 2.90. The maximum Gasteiger partial charge on any atom is 0.252 e. The van der Waals surface area contributed by atoms with Crippen molar-refractivity contribution < 1.29 is 14.0 Å². The monoisotopic (exact) mass is 341 g/mol. The molecule has 2 aromatic rings. The van der Waals surface area contributed by atoms with Gasteiger partial charge in [0.1, 0.15) is 11.9 Å². The lowest BCUT2D eigenvalue weighted by atomic mass is 9.94. The lowest BCUT2D eigenvalue weighted by Gasteiger charge is -2.21. The number of rotatable bonds is 4. The van der Waals surface area contributed by atoms with Crippen LogP contribution in [-0.2, 0) is 17.8 Å². The Kier molecular flexibility index (Phi) is 5.09. The van der Waals surface area contributed by atoms with Gasteiger partial charge in [0, 0.05) is 17.8 Å². The van der Waals surface area contributed by atoms with Gasteiger partial charge < -0.3 is 16.0 Å². The summed E-state index contributed by atoms with van der Waals surface area (Å²) < 4.78 is 13.8. The highest BCUT2D eigenvalue weighted by atomic mass is 19.1. The zero-order chi connectivity index (χ0) is 17.8. The zero-order valence-electron chi connectivity index (χ0n) is 13.9. The number of hydrogen-bond donors (Lipinski definition) is 3. The molecule has 25 heavy (non-hydrogen) atoms. The van der Waals surface area contributed by atoms with Crippen molar-refractivity contribution in [3.63, 3.8) is 0 Å². The summed E-state index contributed by atoms with van der Waals surface area (Å²) in [5, 5.41) is 8.55. The number of carbonyl (C=O) groups excluding carboxylic acids is 2. The van der Waals surface area contributed by atoms with E-state index in [-0.39, 0.29) is 5.91 Å². The van der Waals surface area contributed by atoms with Gasteiger partial charge in [-0.15, -0.1) is 0 Å². The van der Waals surface area contributed by atoms with Crippen LogP contribution < -0.4 is 16.0 Å². The summed E-state index contributed by atoms with van der Waals surface area (Å²) in [6.45, 7) is 2.88. The predicted molar refractivity (Wildman–Crippen MR) is 93.8 cm³/mol. The number of anilines is 1. The van der Waals surface area contributed by atoms with Gasteiger partial charge in [0.15, 0.2) is 0 Å². The van der Waals surface area contributed by atoms with Crippen molar-refractivity contribution in [3.05, 3.63) is 65.0 Å². The molecule has 1 heterocycles. The Labute approximate surface area is 145 Å². The summed E-state index contributed by atoms with van der Waals surface area (Å²) in [5.74, 6) is -1.21. The molecule has 1 aliphatic rings. The largest absolute Gasteiger partial charge is 0.341 e. The quantitative estimate of drug-likeness (QED) is 0.799. The van der Waals surface area contributed by atoms with E-state index >= 15 is 0 Å². The summed E-state index contributed by atoms with van der Waals surface area (Å²) in [6.07, 6.45) is 0.656. The van der Waals surface area contributed by atoms with E-state index in [2.05, 4.69) is 16.0 Å². The molecule has 0 radical (unpaired) electrons. The molecule has 1 aliphatic heterocycles. The lowest BCUT2D eigenvalue weighted by Crippen LogP contribution is -2.42. The van der Waals surface area contributed by atoms with Gasteiger partial charge >= 0.3 is 0 Å². The van der Waals surface area contributed by atoms with Crippen LogP contribution in [0.25, 0.3) is 0 Å². The van der Waals surface area contributed by atoms with Crippen molar-refractivity contribution >= 4 is 17.5 Å². The van der Waals surface area contributed by atoms with E-state index in [1.807, 2.05) is 18.2 Å². The molecule has 2 aromatic carbocycles. The molecule has 0 bridgehead atoms. The van der Waals surface area contributed by atoms with E-state index in [4.69, 9.17) is 0 Å². The van der Waals surface area contributed by atoms with Gasteiger partial charge in [-0.2, -0.15) is 0 Å². The number of carbonyl (C=O) groups is 2. The molecule has 0 fully saturated rings. The topological polar surface area (TPSA) is 70.2 Å². The first-order valence-corrected chi connectivity index (χ1v) is 8.23. The smallest absolute Gasteiger partial charge is 0.252 e. The number of fused-ring (bicyclic) bond motifs is 1. The van der Waals surface area contributed by atoms with Crippen molar-refractivity contribution in [2.75, 3.05) is 11.9 Å². The van der Waals surface area contributed by atoms with Crippen LogP contribution in [0.3, 0.4) is 0 Å². The molecule has 0 saturated heterocycles. The van der Waals surface area contributed by atoms with Crippen LogP contribution in [0.2, 0.25) is 0 Å². The average molecular weight is 341 g/mol.